The third kappa shape index (κ3) is 6.09. The van der Waals surface area contributed by atoms with Gasteiger partial charge in [-0.2, -0.15) is 0 Å². The van der Waals surface area contributed by atoms with Gasteiger partial charge < -0.3 is 14.2 Å². The molecule has 4 rings (SSSR count). The summed E-state index contributed by atoms with van der Waals surface area (Å²) < 4.78 is 32.0. The van der Waals surface area contributed by atoms with E-state index in [9.17, 15) is 14.0 Å². The molecule has 0 atom stereocenters. The van der Waals surface area contributed by atoms with Crippen LogP contribution >= 0.6 is 11.6 Å². The summed E-state index contributed by atoms with van der Waals surface area (Å²) in [6.45, 7) is 4.36. The zero-order valence-electron chi connectivity index (χ0n) is 20.5. The molecule has 4 aromatic rings. The lowest BCUT2D eigenvalue weighted by atomic mass is 10.1. The molecular weight excluding hydrogens is 499 g/mol. The second-order valence-electron chi connectivity index (χ2n) is 8.08. The molecule has 0 amide bonds. The van der Waals surface area contributed by atoms with Crippen molar-refractivity contribution in [2.24, 2.45) is 0 Å². The van der Waals surface area contributed by atoms with Crippen LogP contribution in [0.4, 0.5) is 4.39 Å². The van der Waals surface area contributed by atoms with E-state index in [4.69, 9.17) is 25.8 Å². The minimum absolute atomic E-state index is 0.0528. The number of ether oxygens (including phenoxy) is 3. The van der Waals surface area contributed by atoms with Gasteiger partial charge in [-0.15, -0.1) is 0 Å². The van der Waals surface area contributed by atoms with Crippen LogP contribution in [-0.2, 0) is 22.6 Å². The third-order valence-corrected chi connectivity index (χ3v) is 5.91. The lowest BCUT2D eigenvalue weighted by Gasteiger charge is -2.16. The van der Waals surface area contributed by atoms with Gasteiger partial charge in [-0.3, -0.25) is 14.2 Å². The Balaban J connectivity index is 1.65. The van der Waals surface area contributed by atoms with Gasteiger partial charge in [0, 0.05) is 12.5 Å². The summed E-state index contributed by atoms with van der Waals surface area (Å²) in [7, 11) is 0. The van der Waals surface area contributed by atoms with Crippen LogP contribution in [0.15, 0.2) is 65.5 Å². The summed E-state index contributed by atoms with van der Waals surface area (Å²) >= 11 is 6.00. The first-order chi connectivity index (χ1) is 17.9. The molecule has 37 heavy (non-hydrogen) atoms. The van der Waals surface area contributed by atoms with Crippen molar-refractivity contribution in [2.45, 2.75) is 33.3 Å². The average molecular weight is 525 g/mol. The number of esters is 1. The molecule has 3 aromatic carbocycles. The predicted octanol–water partition coefficient (Wildman–Crippen LogP) is 5.65. The van der Waals surface area contributed by atoms with Crippen molar-refractivity contribution in [1.29, 1.82) is 0 Å². The van der Waals surface area contributed by atoms with Crippen molar-refractivity contribution in [3.8, 4) is 17.2 Å². The molecule has 0 aliphatic carbocycles. The fraction of sp³-hybridized carbons (Fsp3) is 0.250. The third-order valence-electron chi connectivity index (χ3n) is 5.62. The molecule has 7 nitrogen and oxygen atoms in total. The van der Waals surface area contributed by atoms with Gasteiger partial charge in [-0.25, -0.2) is 9.37 Å². The maximum Gasteiger partial charge on any atom is 0.306 e. The molecule has 0 saturated heterocycles. The van der Waals surface area contributed by atoms with Crippen molar-refractivity contribution in [3.63, 3.8) is 0 Å². The molecule has 1 heterocycles. The standard InChI is InChI=1S/C28H26ClFN2O5/c1-3-35-25-16-20(12-9-18(25)10-14-27(33)36-4-2)37-17-26-31-24-8-6-5-7-21(24)28(34)32(26)19-11-13-23(30)22(29)15-19/h5-9,11-13,15-16H,3-4,10,14,17H2,1-2H3. The second kappa shape index (κ2) is 11.9. The van der Waals surface area contributed by atoms with E-state index in [-0.39, 0.29) is 29.6 Å². The Morgan fingerprint density at radius 3 is 2.59 bits per heavy atom. The Kier molecular flexibility index (Phi) is 8.40. The minimum Gasteiger partial charge on any atom is -0.493 e. The van der Waals surface area contributed by atoms with Crippen molar-refractivity contribution in [1.82, 2.24) is 9.55 Å². The Morgan fingerprint density at radius 1 is 1.03 bits per heavy atom. The monoisotopic (exact) mass is 524 g/mol. The van der Waals surface area contributed by atoms with E-state index >= 15 is 0 Å². The molecule has 0 aliphatic heterocycles. The van der Waals surface area contributed by atoms with E-state index in [1.165, 1.54) is 22.8 Å². The largest absolute Gasteiger partial charge is 0.493 e. The summed E-state index contributed by atoms with van der Waals surface area (Å²) in [5.74, 6) is 0.548. The molecule has 0 N–H and O–H groups in total. The molecule has 0 spiro atoms. The van der Waals surface area contributed by atoms with Crippen LogP contribution in [0.3, 0.4) is 0 Å². The lowest BCUT2D eigenvalue weighted by molar-refractivity contribution is -0.143. The summed E-state index contributed by atoms with van der Waals surface area (Å²) in [5, 5.41) is 0.306. The average Bonchev–Trinajstić information content (AvgIpc) is 2.89. The van der Waals surface area contributed by atoms with Crippen LogP contribution < -0.4 is 15.0 Å². The number of nitrogens with zero attached hydrogens (tertiary/aromatic N) is 2. The normalized spacial score (nSPS) is 10.9. The van der Waals surface area contributed by atoms with Crippen molar-refractivity contribution >= 4 is 28.5 Å². The highest BCUT2D eigenvalue weighted by Gasteiger charge is 2.16. The quantitative estimate of drug-likeness (QED) is 0.249. The fourth-order valence-electron chi connectivity index (χ4n) is 3.90. The number of halogens is 2. The van der Waals surface area contributed by atoms with Gasteiger partial charge >= 0.3 is 5.97 Å². The van der Waals surface area contributed by atoms with E-state index < -0.39 is 5.82 Å². The smallest absolute Gasteiger partial charge is 0.306 e. The van der Waals surface area contributed by atoms with Crippen LogP contribution in [0, 0.1) is 5.82 Å². The molecule has 0 saturated carbocycles. The fourth-order valence-corrected chi connectivity index (χ4v) is 4.08. The van der Waals surface area contributed by atoms with Crippen LogP contribution in [0.25, 0.3) is 16.6 Å². The van der Waals surface area contributed by atoms with Gasteiger partial charge in [0.15, 0.2) is 5.82 Å². The van der Waals surface area contributed by atoms with Gasteiger partial charge in [0.2, 0.25) is 0 Å². The van der Waals surface area contributed by atoms with E-state index in [0.29, 0.717) is 53.5 Å². The Hall–Kier alpha value is -3.91. The summed E-state index contributed by atoms with van der Waals surface area (Å²) in [6, 6.07) is 16.4. The molecule has 192 valence electrons. The first-order valence-corrected chi connectivity index (χ1v) is 12.3. The summed E-state index contributed by atoms with van der Waals surface area (Å²) in [4.78, 5) is 29.8. The number of carbonyl (C=O) groups is 1. The Morgan fingerprint density at radius 2 is 1.84 bits per heavy atom. The number of benzene rings is 3. The second-order valence-corrected chi connectivity index (χ2v) is 8.49. The topological polar surface area (TPSA) is 79.7 Å². The predicted molar refractivity (Wildman–Crippen MR) is 139 cm³/mol. The van der Waals surface area contributed by atoms with Crippen molar-refractivity contribution in [2.75, 3.05) is 13.2 Å². The number of para-hydroxylation sites is 1. The van der Waals surface area contributed by atoms with E-state index in [1.807, 2.05) is 13.0 Å². The Labute approximate surface area is 218 Å². The van der Waals surface area contributed by atoms with Crippen LogP contribution in [0.1, 0.15) is 31.7 Å². The highest BCUT2D eigenvalue weighted by atomic mass is 35.5. The molecule has 0 bridgehead atoms. The molecule has 0 aliphatic rings. The number of aromatic nitrogens is 2. The summed E-state index contributed by atoms with van der Waals surface area (Å²) in [6.07, 6.45) is 0.702. The highest BCUT2D eigenvalue weighted by Crippen LogP contribution is 2.27. The number of carbonyl (C=O) groups excluding carboxylic acids is 1. The Bertz CT molecular complexity index is 1490. The van der Waals surface area contributed by atoms with Crippen LogP contribution in [0.5, 0.6) is 11.5 Å². The molecular formula is C28H26ClFN2O5. The molecule has 0 fully saturated rings. The molecule has 0 radical (unpaired) electrons. The van der Waals surface area contributed by atoms with Gasteiger partial charge in [0.05, 0.1) is 34.8 Å². The molecule has 1 aromatic heterocycles. The first-order valence-electron chi connectivity index (χ1n) is 11.9. The first kappa shape index (κ1) is 26.2. The zero-order valence-corrected chi connectivity index (χ0v) is 21.3. The van der Waals surface area contributed by atoms with E-state index in [0.717, 1.165) is 5.56 Å². The summed E-state index contributed by atoms with van der Waals surface area (Å²) in [5.41, 5.74) is 1.41. The number of hydrogen-bond acceptors (Lipinski definition) is 6. The highest BCUT2D eigenvalue weighted by molar-refractivity contribution is 6.30. The van der Waals surface area contributed by atoms with Gasteiger partial charge in [-0.05, 0) is 62.2 Å². The maximum atomic E-state index is 13.8. The van der Waals surface area contributed by atoms with Crippen molar-refractivity contribution in [3.05, 3.63) is 93.2 Å². The van der Waals surface area contributed by atoms with Crippen molar-refractivity contribution < 1.29 is 23.4 Å². The molecule has 9 heteroatoms. The molecule has 0 unspecified atom stereocenters. The number of hydrogen-bond donors (Lipinski definition) is 0. The minimum atomic E-state index is -0.587. The number of aryl methyl sites for hydroxylation is 1. The van der Waals surface area contributed by atoms with Crippen LogP contribution in [-0.4, -0.2) is 28.7 Å². The van der Waals surface area contributed by atoms with E-state index in [2.05, 4.69) is 4.98 Å². The van der Waals surface area contributed by atoms with Gasteiger partial charge in [0.25, 0.3) is 5.56 Å². The SMILES string of the molecule is CCOC(=O)CCc1ccc(OCc2nc3ccccc3c(=O)n2-c2ccc(F)c(Cl)c2)cc1OCC. The number of fused-ring (bicyclic) bond motifs is 1. The van der Waals surface area contributed by atoms with Gasteiger partial charge in [0.1, 0.15) is 23.9 Å². The van der Waals surface area contributed by atoms with Crippen LogP contribution in [0.2, 0.25) is 5.02 Å². The lowest BCUT2D eigenvalue weighted by Crippen LogP contribution is -2.25. The zero-order chi connectivity index (χ0) is 26.4. The van der Waals surface area contributed by atoms with E-state index in [1.54, 1.807) is 43.3 Å². The maximum absolute atomic E-state index is 13.8. The van der Waals surface area contributed by atoms with Gasteiger partial charge in [-0.1, -0.05) is 29.8 Å². The number of rotatable bonds is 10.